The molecule has 4 rings (SSSR count). The van der Waals surface area contributed by atoms with E-state index in [0.29, 0.717) is 5.56 Å². The topological polar surface area (TPSA) is 165 Å². The molecule has 0 amide bonds. The Balaban J connectivity index is 1.69. The molecule has 0 saturated carbocycles. The number of ether oxygens (including phenoxy) is 4. The van der Waals surface area contributed by atoms with Crippen LogP contribution in [0.4, 0.5) is 0 Å². The summed E-state index contributed by atoms with van der Waals surface area (Å²) >= 11 is 0. The summed E-state index contributed by atoms with van der Waals surface area (Å²) in [5.74, 6) is -0.411. The molecule has 4 N–H and O–H groups in total. The predicted octanol–water partition coefficient (Wildman–Crippen LogP) is 0.924. The zero-order chi connectivity index (χ0) is 25.3. The van der Waals surface area contributed by atoms with Crippen LogP contribution in [0.5, 0.6) is 17.2 Å². The second kappa shape index (κ2) is 9.92. The molecular formula is C24H24O11. The standard InChI is InChI=1S/C24H24O11/c1-11(25)32-10-19-21(28)22(29)23(30)24(35-19)34-16-6-4-3-5-13(16)17-9-15(27)20-14(26)7-12(31-2)8-18(20)33-17/h3-9,19,21-24,26,28-30H,10H2,1-2H3/t19?,21-,22+,23?,24-/m1/s1. The Hall–Kier alpha value is -3.64. The van der Waals surface area contributed by atoms with Gasteiger partial charge in [0, 0.05) is 25.1 Å². The summed E-state index contributed by atoms with van der Waals surface area (Å²) in [5.41, 5.74) is -0.125. The number of phenolic OH excluding ortho intramolecular Hbond substituents is 1. The van der Waals surface area contributed by atoms with Crippen LogP contribution in [-0.2, 0) is 14.3 Å². The molecule has 186 valence electrons. The van der Waals surface area contributed by atoms with Gasteiger partial charge in [0.15, 0.2) is 5.43 Å². The zero-order valence-corrected chi connectivity index (χ0v) is 18.8. The number of hydrogen-bond donors (Lipinski definition) is 4. The number of hydrogen-bond acceptors (Lipinski definition) is 11. The number of rotatable bonds is 6. The van der Waals surface area contributed by atoms with Crippen LogP contribution < -0.4 is 14.9 Å². The van der Waals surface area contributed by atoms with E-state index in [1.807, 2.05) is 0 Å². The van der Waals surface area contributed by atoms with Crippen LogP contribution in [-0.4, -0.2) is 70.8 Å². The Labute approximate surface area is 198 Å². The van der Waals surface area contributed by atoms with Crippen molar-refractivity contribution in [1.29, 1.82) is 0 Å². The first-order valence-corrected chi connectivity index (χ1v) is 10.6. The number of fused-ring (bicyclic) bond motifs is 1. The molecule has 1 aromatic heterocycles. The van der Waals surface area contributed by atoms with Gasteiger partial charge >= 0.3 is 5.97 Å². The summed E-state index contributed by atoms with van der Waals surface area (Å²) < 4.78 is 27.2. The van der Waals surface area contributed by atoms with E-state index < -0.39 is 42.1 Å². The van der Waals surface area contributed by atoms with E-state index in [1.165, 1.54) is 38.3 Å². The van der Waals surface area contributed by atoms with Gasteiger partial charge in [-0.2, -0.15) is 0 Å². The van der Waals surface area contributed by atoms with E-state index in [4.69, 9.17) is 23.4 Å². The van der Waals surface area contributed by atoms with Crippen molar-refractivity contribution < 1.29 is 48.6 Å². The second-order valence-corrected chi connectivity index (χ2v) is 7.93. The van der Waals surface area contributed by atoms with Crippen molar-refractivity contribution >= 4 is 16.9 Å². The first-order chi connectivity index (χ1) is 16.7. The van der Waals surface area contributed by atoms with Gasteiger partial charge < -0.3 is 43.8 Å². The van der Waals surface area contributed by atoms with Crippen molar-refractivity contribution in [1.82, 2.24) is 0 Å². The van der Waals surface area contributed by atoms with Crippen molar-refractivity contribution in [2.45, 2.75) is 37.6 Å². The molecule has 2 heterocycles. The van der Waals surface area contributed by atoms with Gasteiger partial charge in [0.2, 0.25) is 6.29 Å². The number of phenols is 1. The lowest BCUT2D eigenvalue weighted by molar-refractivity contribution is -0.278. The minimum atomic E-state index is -1.64. The minimum Gasteiger partial charge on any atom is -0.507 e. The SMILES string of the molecule is COc1cc(O)c2c(=O)cc(-c3ccccc3O[C@@H]3OC(COC(C)=O)[C@@H](O)[C@H](O)C3O)oc2c1. The zero-order valence-electron chi connectivity index (χ0n) is 18.8. The highest BCUT2D eigenvalue weighted by molar-refractivity contribution is 5.86. The number of benzene rings is 2. The molecule has 1 aliphatic heterocycles. The molecule has 1 aliphatic rings. The van der Waals surface area contributed by atoms with Crippen molar-refractivity contribution in [3.8, 4) is 28.6 Å². The third-order valence-corrected chi connectivity index (χ3v) is 5.53. The number of methoxy groups -OCH3 is 1. The molecule has 0 spiro atoms. The molecule has 0 radical (unpaired) electrons. The van der Waals surface area contributed by atoms with Crippen LogP contribution in [0.2, 0.25) is 0 Å². The van der Waals surface area contributed by atoms with Crippen LogP contribution in [0.15, 0.2) is 51.7 Å². The second-order valence-electron chi connectivity index (χ2n) is 7.93. The van der Waals surface area contributed by atoms with Gasteiger partial charge in [-0.1, -0.05) is 12.1 Å². The molecule has 0 aliphatic carbocycles. The number of aromatic hydroxyl groups is 1. The summed E-state index contributed by atoms with van der Waals surface area (Å²) in [7, 11) is 1.40. The maximum Gasteiger partial charge on any atom is 0.302 e. The molecule has 2 unspecified atom stereocenters. The first-order valence-electron chi connectivity index (χ1n) is 10.6. The molecule has 1 saturated heterocycles. The van der Waals surface area contributed by atoms with E-state index >= 15 is 0 Å². The van der Waals surface area contributed by atoms with Crippen molar-refractivity contribution in [2.75, 3.05) is 13.7 Å². The van der Waals surface area contributed by atoms with Gasteiger partial charge in [-0.05, 0) is 12.1 Å². The van der Waals surface area contributed by atoms with E-state index in [9.17, 15) is 30.0 Å². The van der Waals surface area contributed by atoms with Gasteiger partial charge in [-0.15, -0.1) is 0 Å². The molecule has 11 heteroatoms. The summed E-state index contributed by atoms with van der Waals surface area (Å²) in [6, 6.07) is 10.3. The van der Waals surface area contributed by atoms with Gasteiger partial charge in [-0.3, -0.25) is 9.59 Å². The fourth-order valence-corrected chi connectivity index (χ4v) is 3.74. The highest BCUT2D eigenvalue weighted by atomic mass is 16.7. The number of aliphatic hydroxyl groups excluding tert-OH is 3. The van der Waals surface area contributed by atoms with Crippen LogP contribution in [0, 0.1) is 0 Å². The molecule has 35 heavy (non-hydrogen) atoms. The summed E-state index contributed by atoms with van der Waals surface area (Å²) in [5, 5.41) is 41.0. The normalized spacial score (nSPS) is 24.2. The van der Waals surface area contributed by atoms with E-state index in [0.717, 1.165) is 0 Å². The largest absolute Gasteiger partial charge is 0.507 e. The predicted molar refractivity (Wildman–Crippen MR) is 120 cm³/mol. The molecule has 0 bridgehead atoms. The van der Waals surface area contributed by atoms with E-state index in [-0.39, 0.29) is 40.6 Å². The smallest absolute Gasteiger partial charge is 0.302 e. The van der Waals surface area contributed by atoms with Gasteiger partial charge in [0.05, 0.1) is 12.7 Å². The van der Waals surface area contributed by atoms with Crippen LogP contribution >= 0.6 is 0 Å². The monoisotopic (exact) mass is 488 g/mol. The van der Waals surface area contributed by atoms with E-state index in [2.05, 4.69) is 0 Å². The first kappa shape index (κ1) is 24.5. The fraction of sp³-hybridized carbons (Fsp3) is 0.333. The van der Waals surface area contributed by atoms with Crippen LogP contribution in [0.3, 0.4) is 0 Å². The third kappa shape index (κ3) is 4.93. The van der Waals surface area contributed by atoms with Crippen molar-refractivity contribution in [3.63, 3.8) is 0 Å². The molecule has 3 aromatic rings. The molecule has 11 nitrogen and oxygen atoms in total. The lowest BCUT2D eigenvalue weighted by Crippen LogP contribution is -2.60. The van der Waals surface area contributed by atoms with Crippen molar-refractivity contribution in [2.24, 2.45) is 0 Å². The van der Waals surface area contributed by atoms with Crippen LogP contribution in [0.1, 0.15) is 6.92 Å². The van der Waals surface area contributed by atoms with E-state index in [1.54, 1.807) is 18.2 Å². The lowest BCUT2D eigenvalue weighted by Gasteiger charge is -2.40. The lowest BCUT2D eigenvalue weighted by atomic mass is 9.99. The van der Waals surface area contributed by atoms with Gasteiger partial charge in [-0.25, -0.2) is 0 Å². The fourth-order valence-electron chi connectivity index (χ4n) is 3.74. The average Bonchev–Trinajstić information content (AvgIpc) is 2.83. The summed E-state index contributed by atoms with van der Waals surface area (Å²) in [6.07, 6.45) is -7.43. The number of carbonyl (C=O) groups excluding carboxylic acids is 1. The maximum absolute atomic E-state index is 12.7. The highest BCUT2D eigenvalue weighted by Crippen LogP contribution is 2.35. The number of para-hydroxylation sites is 1. The Morgan fingerprint density at radius 2 is 1.80 bits per heavy atom. The number of carbonyl (C=O) groups is 1. The van der Waals surface area contributed by atoms with Gasteiger partial charge in [0.25, 0.3) is 0 Å². The maximum atomic E-state index is 12.7. The Morgan fingerprint density at radius 3 is 2.51 bits per heavy atom. The molecule has 2 aromatic carbocycles. The Kier molecular flexibility index (Phi) is 6.94. The Morgan fingerprint density at radius 1 is 1.06 bits per heavy atom. The van der Waals surface area contributed by atoms with Crippen LogP contribution in [0.25, 0.3) is 22.3 Å². The molecule has 5 atom stereocenters. The quantitative estimate of drug-likeness (QED) is 0.365. The summed E-state index contributed by atoms with van der Waals surface area (Å²) in [4.78, 5) is 23.9. The highest BCUT2D eigenvalue weighted by Gasteiger charge is 2.45. The number of esters is 1. The Bertz CT molecular complexity index is 1280. The number of aliphatic hydroxyl groups is 3. The molecule has 1 fully saturated rings. The summed E-state index contributed by atoms with van der Waals surface area (Å²) in [6.45, 7) is 0.810. The molecular weight excluding hydrogens is 464 g/mol. The average molecular weight is 488 g/mol. The van der Waals surface area contributed by atoms with Gasteiger partial charge in [0.1, 0.15) is 65.0 Å². The minimum absolute atomic E-state index is 0.0237. The third-order valence-electron chi connectivity index (χ3n) is 5.53. The van der Waals surface area contributed by atoms with Crippen molar-refractivity contribution in [3.05, 3.63) is 52.7 Å².